The zero-order valence-corrected chi connectivity index (χ0v) is 12.4. The van der Waals surface area contributed by atoms with Gasteiger partial charge in [-0.2, -0.15) is 0 Å². The standard InChI is InChI=1S/C16H16N2O5/c19-16(17-11-2-3-11)8-20-7-12-6-14(23-18-12)10-1-4-13-15(5-10)22-9-21-13/h1,4-6,11H,2-3,7-9H2,(H,17,19). The van der Waals surface area contributed by atoms with Crippen LogP contribution in [0.5, 0.6) is 11.5 Å². The molecule has 0 bridgehead atoms. The summed E-state index contributed by atoms with van der Waals surface area (Å²) in [5.74, 6) is 1.93. The Morgan fingerprint density at radius 2 is 2.13 bits per heavy atom. The molecule has 1 N–H and O–H groups in total. The summed E-state index contributed by atoms with van der Waals surface area (Å²) >= 11 is 0. The van der Waals surface area contributed by atoms with Gasteiger partial charge in [-0.3, -0.25) is 4.79 Å². The number of aromatic nitrogens is 1. The summed E-state index contributed by atoms with van der Waals surface area (Å²) in [4.78, 5) is 11.5. The summed E-state index contributed by atoms with van der Waals surface area (Å²) in [6, 6.07) is 7.68. The van der Waals surface area contributed by atoms with Crippen LogP contribution in [0.15, 0.2) is 28.8 Å². The van der Waals surface area contributed by atoms with Crippen LogP contribution in [0.25, 0.3) is 11.3 Å². The fourth-order valence-electron chi connectivity index (χ4n) is 2.31. The van der Waals surface area contributed by atoms with Crippen molar-refractivity contribution in [2.45, 2.75) is 25.5 Å². The summed E-state index contributed by atoms with van der Waals surface area (Å²) in [6.45, 7) is 0.492. The van der Waals surface area contributed by atoms with Gasteiger partial charge in [0.15, 0.2) is 17.3 Å². The number of carbonyl (C=O) groups excluding carboxylic acids is 1. The van der Waals surface area contributed by atoms with Crippen molar-refractivity contribution in [2.24, 2.45) is 0 Å². The molecule has 7 heteroatoms. The lowest BCUT2D eigenvalue weighted by Gasteiger charge is -2.02. The first-order valence-electron chi connectivity index (χ1n) is 7.51. The van der Waals surface area contributed by atoms with Crippen molar-refractivity contribution in [3.8, 4) is 22.8 Å². The number of amides is 1. The molecule has 0 radical (unpaired) electrons. The van der Waals surface area contributed by atoms with Crippen LogP contribution in [0.2, 0.25) is 0 Å². The summed E-state index contributed by atoms with van der Waals surface area (Å²) in [6.07, 6.45) is 2.13. The second-order valence-corrected chi connectivity index (χ2v) is 5.59. The maximum absolute atomic E-state index is 11.5. The molecule has 1 aliphatic heterocycles. The van der Waals surface area contributed by atoms with E-state index in [0.717, 1.165) is 24.2 Å². The van der Waals surface area contributed by atoms with Gasteiger partial charge in [0, 0.05) is 17.7 Å². The van der Waals surface area contributed by atoms with E-state index < -0.39 is 0 Å². The Balaban J connectivity index is 1.34. The number of benzene rings is 1. The van der Waals surface area contributed by atoms with Crippen LogP contribution in [0, 0.1) is 0 Å². The summed E-state index contributed by atoms with van der Waals surface area (Å²) < 4.78 is 21.3. The summed E-state index contributed by atoms with van der Waals surface area (Å²) in [5.41, 5.74) is 1.48. The molecule has 23 heavy (non-hydrogen) atoms. The Bertz CT molecular complexity index is 723. The highest BCUT2D eigenvalue weighted by Crippen LogP contribution is 2.36. The van der Waals surface area contributed by atoms with E-state index in [1.54, 1.807) is 6.07 Å². The highest BCUT2D eigenvalue weighted by atomic mass is 16.7. The monoisotopic (exact) mass is 316 g/mol. The maximum atomic E-state index is 11.5. The highest BCUT2D eigenvalue weighted by Gasteiger charge is 2.23. The van der Waals surface area contributed by atoms with Crippen molar-refractivity contribution < 1.29 is 23.5 Å². The molecule has 1 saturated carbocycles. The zero-order valence-electron chi connectivity index (χ0n) is 12.4. The van der Waals surface area contributed by atoms with Gasteiger partial charge < -0.3 is 24.1 Å². The molecule has 2 aliphatic rings. The van der Waals surface area contributed by atoms with Crippen LogP contribution >= 0.6 is 0 Å². The molecule has 0 saturated heterocycles. The maximum Gasteiger partial charge on any atom is 0.246 e. The fourth-order valence-corrected chi connectivity index (χ4v) is 2.31. The lowest BCUT2D eigenvalue weighted by molar-refractivity contribution is -0.126. The van der Waals surface area contributed by atoms with Crippen LogP contribution in [0.4, 0.5) is 0 Å². The van der Waals surface area contributed by atoms with Gasteiger partial charge in [-0.25, -0.2) is 0 Å². The first kappa shape index (κ1) is 14.1. The first-order chi connectivity index (χ1) is 11.3. The summed E-state index contributed by atoms with van der Waals surface area (Å²) in [7, 11) is 0. The van der Waals surface area contributed by atoms with E-state index in [4.69, 9.17) is 18.7 Å². The van der Waals surface area contributed by atoms with E-state index in [9.17, 15) is 4.79 Å². The van der Waals surface area contributed by atoms with Crippen LogP contribution in [-0.2, 0) is 16.1 Å². The number of fused-ring (bicyclic) bond motifs is 1. The third-order valence-electron chi connectivity index (χ3n) is 3.64. The van der Waals surface area contributed by atoms with E-state index in [1.807, 2.05) is 18.2 Å². The van der Waals surface area contributed by atoms with Crippen molar-refractivity contribution in [1.82, 2.24) is 10.5 Å². The van der Waals surface area contributed by atoms with E-state index >= 15 is 0 Å². The molecule has 4 rings (SSSR count). The molecule has 2 aromatic rings. The predicted octanol–water partition coefficient (Wildman–Crippen LogP) is 1.87. The third-order valence-corrected chi connectivity index (χ3v) is 3.64. The van der Waals surface area contributed by atoms with Gasteiger partial charge in [0.1, 0.15) is 12.3 Å². The number of carbonyl (C=O) groups is 1. The van der Waals surface area contributed by atoms with Crippen LogP contribution < -0.4 is 14.8 Å². The Kier molecular flexibility index (Phi) is 3.63. The molecule has 0 unspecified atom stereocenters. The Hall–Kier alpha value is -2.54. The molecule has 120 valence electrons. The second kappa shape index (κ2) is 5.92. The van der Waals surface area contributed by atoms with Crippen molar-refractivity contribution in [1.29, 1.82) is 0 Å². The summed E-state index contributed by atoms with van der Waals surface area (Å²) in [5, 5.41) is 6.81. The Morgan fingerprint density at radius 3 is 3.00 bits per heavy atom. The Morgan fingerprint density at radius 1 is 1.26 bits per heavy atom. The van der Waals surface area contributed by atoms with E-state index in [-0.39, 0.29) is 25.9 Å². The first-order valence-corrected chi connectivity index (χ1v) is 7.51. The van der Waals surface area contributed by atoms with Gasteiger partial charge in [-0.15, -0.1) is 0 Å². The molecule has 1 aliphatic carbocycles. The minimum atomic E-state index is -0.0908. The number of nitrogens with zero attached hydrogens (tertiary/aromatic N) is 1. The van der Waals surface area contributed by atoms with Gasteiger partial charge in [-0.05, 0) is 31.0 Å². The SMILES string of the molecule is O=C(COCc1cc(-c2ccc3c(c2)OCO3)on1)NC1CC1. The molecule has 1 fully saturated rings. The molecule has 0 spiro atoms. The fraction of sp³-hybridized carbons (Fsp3) is 0.375. The molecule has 1 aromatic carbocycles. The topological polar surface area (TPSA) is 82.8 Å². The molecule has 1 amide bonds. The number of ether oxygens (including phenoxy) is 3. The van der Waals surface area contributed by atoms with E-state index in [0.29, 0.717) is 23.2 Å². The number of hydrogen-bond acceptors (Lipinski definition) is 6. The predicted molar refractivity (Wildman–Crippen MR) is 78.9 cm³/mol. The normalized spacial score (nSPS) is 15.7. The average molecular weight is 316 g/mol. The van der Waals surface area contributed by atoms with Crippen molar-refractivity contribution in [3.05, 3.63) is 30.0 Å². The number of nitrogens with one attached hydrogen (secondary N) is 1. The van der Waals surface area contributed by atoms with Gasteiger partial charge in [0.2, 0.25) is 12.7 Å². The lowest BCUT2D eigenvalue weighted by atomic mass is 10.1. The van der Waals surface area contributed by atoms with Gasteiger partial charge >= 0.3 is 0 Å². The van der Waals surface area contributed by atoms with Crippen LogP contribution in [0.3, 0.4) is 0 Å². The van der Waals surface area contributed by atoms with Crippen molar-refractivity contribution in [2.75, 3.05) is 13.4 Å². The quantitative estimate of drug-likeness (QED) is 0.876. The average Bonchev–Trinajstić information content (AvgIpc) is 3.05. The van der Waals surface area contributed by atoms with Crippen LogP contribution in [0.1, 0.15) is 18.5 Å². The Labute approximate surface area is 132 Å². The van der Waals surface area contributed by atoms with E-state index in [2.05, 4.69) is 10.5 Å². The lowest BCUT2D eigenvalue weighted by Crippen LogP contribution is -2.29. The minimum absolute atomic E-state index is 0.0305. The molecule has 1 aromatic heterocycles. The smallest absolute Gasteiger partial charge is 0.246 e. The molecular weight excluding hydrogens is 300 g/mol. The van der Waals surface area contributed by atoms with E-state index in [1.165, 1.54) is 0 Å². The van der Waals surface area contributed by atoms with Gasteiger partial charge in [0.05, 0.1) is 6.61 Å². The molecule has 2 heterocycles. The van der Waals surface area contributed by atoms with Crippen molar-refractivity contribution >= 4 is 5.91 Å². The number of rotatable bonds is 6. The number of hydrogen-bond donors (Lipinski definition) is 1. The van der Waals surface area contributed by atoms with Crippen molar-refractivity contribution in [3.63, 3.8) is 0 Å². The zero-order chi connectivity index (χ0) is 15.6. The molecule has 7 nitrogen and oxygen atoms in total. The minimum Gasteiger partial charge on any atom is -0.454 e. The third kappa shape index (κ3) is 3.29. The molecular formula is C16H16N2O5. The largest absolute Gasteiger partial charge is 0.454 e. The van der Waals surface area contributed by atoms with Gasteiger partial charge in [0.25, 0.3) is 0 Å². The van der Waals surface area contributed by atoms with Crippen LogP contribution in [-0.4, -0.2) is 30.5 Å². The molecule has 0 atom stereocenters. The van der Waals surface area contributed by atoms with Gasteiger partial charge in [-0.1, -0.05) is 5.16 Å². The highest BCUT2D eigenvalue weighted by molar-refractivity contribution is 5.77. The second-order valence-electron chi connectivity index (χ2n) is 5.59.